The molecule has 1 fully saturated rings. The number of pyridine rings is 1. The van der Waals surface area contributed by atoms with E-state index in [4.69, 9.17) is 4.74 Å². The van der Waals surface area contributed by atoms with Gasteiger partial charge in [-0.3, -0.25) is 9.78 Å². The highest BCUT2D eigenvalue weighted by Gasteiger charge is 2.20. The second-order valence-corrected chi connectivity index (χ2v) is 7.66. The molecule has 2 aliphatic heterocycles. The molecule has 0 saturated carbocycles. The number of nitrogens with one attached hydrogen (secondary N) is 2. The minimum absolute atomic E-state index is 0.0798. The highest BCUT2D eigenvalue weighted by atomic mass is 19.1. The van der Waals surface area contributed by atoms with Crippen molar-refractivity contribution >= 4 is 23.5 Å². The molecule has 1 aromatic carbocycles. The van der Waals surface area contributed by atoms with Gasteiger partial charge in [0.15, 0.2) is 0 Å². The molecular weight excluding hydrogens is 395 g/mol. The summed E-state index contributed by atoms with van der Waals surface area (Å²) in [6, 6.07) is 13.1. The van der Waals surface area contributed by atoms with Crippen LogP contribution in [-0.2, 0) is 11.2 Å². The first kappa shape index (κ1) is 19.5. The van der Waals surface area contributed by atoms with Crippen molar-refractivity contribution in [1.82, 2.24) is 15.3 Å². The van der Waals surface area contributed by atoms with E-state index in [2.05, 4.69) is 20.2 Å². The molecule has 3 aromatic rings. The number of benzene rings is 1. The molecule has 0 unspecified atom stereocenters. The van der Waals surface area contributed by atoms with E-state index in [1.807, 2.05) is 36.4 Å². The lowest BCUT2D eigenvalue weighted by Crippen LogP contribution is -2.36. The van der Waals surface area contributed by atoms with Gasteiger partial charge in [-0.2, -0.15) is 0 Å². The summed E-state index contributed by atoms with van der Waals surface area (Å²) >= 11 is 0. The van der Waals surface area contributed by atoms with Crippen LogP contribution in [0.15, 0.2) is 48.7 Å². The Morgan fingerprint density at radius 3 is 2.84 bits per heavy atom. The van der Waals surface area contributed by atoms with Crippen LogP contribution in [0.25, 0.3) is 23.2 Å². The number of ether oxygens (including phenoxy) is 1. The van der Waals surface area contributed by atoms with E-state index in [-0.39, 0.29) is 11.6 Å². The zero-order valence-electron chi connectivity index (χ0n) is 17.0. The number of H-pyrrole nitrogens is 1. The number of aromatic amines is 1. The molecule has 2 N–H and O–H groups in total. The zero-order valence-corrected chi connectivity index (χ0v) is 17.0. The first-order valence-corrected chi connectivity index (χ1v) is 10.4. The molecule has 158 valence electrons. The van der Waals surface area contributed by atoms with E-state index in [1.54, 1.807) is 12.3 Å². The zero-order chi connectivity index (χ0) is 21.2. The molecule has 0 atom stereocenters. The third-order valence-electron chi connectivity index (χ3n) is 5.69. The van der Waals surface area contributed by atoms with Crippen molar-refractivity contribution in [3.05, 3.63) is 71.2 Å². The molecule has 2 aliphatic rings. The number of halogens is 1. The van der Waals surface area contributed by atoms with Crippen LogP contribution in [-0.4, -0.2) is 48.7 Å². The second kappa shape index (κ2) is 8.35. The molecule has 1 saturated heterocycles. The number of amides is 1. The van der Waals surface area contributed by atoms with Gasteiger partial charge in [-0.15, -0.1) is 0 Å². The lowest BCUT2D eigenvalue weighted by Gasteiger charge is -2.30. The van der Waals surface area contributed by atoms with Crippen molar-refractivity contribution in [1.29, 1.82) is 0 Å². The van der Waals surface area contributed by atoms with Crippen LogP contribution in [0.1, 0.15) is 27.3 Å². The number of hydrogen-bond donors (Lipinski definition) is 2. The molecule has 1 amide bonds. The maximum absolute atomic E-state index is 15.2. The van der Waals surface area contributed by atoms with Gasteiger partial charge in [0, 0.05) is 60.5 Å². The summed E-state index contributed by atoms with van der Waals surface area (Å²) in [6.07, 6.45) is 3.88. The van der Waals surface area contributed by atoms with E-state index in [9.17, 15) is 4.79 Å². The Balaban J connectivity index is 1.45. The molecule has 4 heterocycles. The van der Waals surface area contributed by atoms with Crippen LogP contribution in [0, 0.1) is 0 Å². The van der Waals surface area contributed by atoms with Gasteiger partial charge in [0.2, 0.25) is 0 Å². The van der Waals surface area contributed by atoms with Crippen molar-refractivity contribution in [2.45, 2.75) is 6.42 Å². The molecule has 0 spiro atoms. The van der Waals surface area contributed by atoms with Gasteiger partial charge in [0.05, 0.1) is 24.5 Å². The van der Waals surface area contributed by atoms with Crippen molar-refractivity contribution < 1.29 is 13.9 Å². The fourth-order valence-corrected chi connectivity index (χ4v) is 4.09. The Bertz CT molecular complexity index is 1150. The van der Waals surface area contributed by atoms with Crippen molar-refractivity contribution in [3.63, 3.8) is 0 Å². The van der Waals surface area contributed by atoms with Crippen LogP contribution in [0.3, 0.4) is 0 Å². The number of para-hydroxylation sites is 1. The molecular formula is C24H23FN4O2. The lowest BCUT2D eigenvalue weighted by atomic mass is 10.1. The number of hydrogen-bond acceptors (Lipinski definition) is 4. The van der Waals surface area contributed by atoms with Gasteiger partial charge in [0.1, 0.15) is 5.83 Å². The van der Waals surface area contributed by atoms with Gasteiger partial charge in [-0.25, -0.2) is 4.39 Å². The average molecular weight is 418 g/mol. The van der Waals surface area contributed by atoms with Crippen LogP contribution in [0.2, 0.25) is 0 Å². The van der Waals surface area contributed by atoms with E-state index in [1.165, 1.54) is 6.08 Å². The van der Waals surface area contributed by atoms with E-state index >= 15 is 4.39 Å². The van der Waals surface area contributed by atoms with Crippen molar-refractivity contribution in [2.24, 2.45) is 0 Å². The summed E-state index contributed by atoms with van der Waals surface area (Å²) < 4.78 is 20.7. The fraction of sp³-hybridized carbons (Fsp3) is 0.250. The van der Waals surface area contributed by atoms with Gasteiger partial charge in [0.25, 0.3) is 5.91 Å². The average Bonchev–Trinajstić information content (AvgIpc) is 3.26. The number of carbonyl (C=O) groups excluding carboxylic acids is 1. The Morgan fingerprint density at radius 1 is 1.16 bits per heavy atom. The normalized spacial score (nSPS) is 16.7. The fourth-order valence-electron chi connectivity index (χ4n) is 4.09. The number of nitrogens with zero attached hydrogens (tertiary/aromatic N) is 2. The summed E-state index contributed by atoms with van der Waals surface area (Å²) in [5.74, 6) is -0.486. The molecule has 31 heavy (non-hydrogen) atoms. The van der Waals surface area contributed by atoms with Gasteiger partial charge in [-0.1, -0.05) is 18.2 Å². The summed E-state index contributed by atoms with van der Waals surface area (Å²) in [5.41, 5.74) is 5.18. The van der Waals surface area contributed by atoms with E-state index in [0.717, 1.165) is 47.7 Å². The standard InChI is InChI=1S/C24H23FN4O2/c25-19(13-17-3-1-2-4-23(17)29-9-11-31-12-10-29)22-14-16(5-7-26-22)21-15-18-20(28-21)6-8-27-24(18)30/h1-5,7,13-15,28H,6,8-12H2,(H,27,30)/b19-13+. The number of morpholine rings is 1. The van der Waals surface area contributed by atoms with E-state index < -0.39 is 5.83 Å². The molecule has 0 aliphatic carbocycles. The monoisotopic (exact) mass is 418 g/mol. The molecule has 0 bridgehead atoms. The Labute approximate surface area is 179 Å². The summed E-state index contributed by atoms with van der Waals surface area (Å²) in [5, 5.41) is 2.84. The Hall–Kier alpha value is -3.45. The Kier molecular flexibility index (Phi) is 5.26. The maximum Gasteiger partial charge on any atom is 0.253 e. The van der Waals surface area contributed by atoms with Gasteiger partial charge in [-0.05, 0) is 30.3 Å². The SMILES string of the molecule is O=C1NCCc2[nH]c(-c3ccnc(/C(F)=C\c4ccccc4N4CCOCC4)c3)cc21. The maximum atomic E-state index is 15.2. The predicted octanol–water partition coefficient (Wildman–Crippen LogP) is 3.67. The smallest absolute Gasteiger partial charge is 0.253 e. The highest BCUT2D eigenvalue weighted by molar-refractivity contribution is 5.97. The predicted molar refractivity (Wildman–Crippen MR) is 119 cm³/mol. The molecule has 6 nitrogen and oxygen atoms in total. The number of rotatable bonds is 4. The quantitative estimate of drug-likeness (QED) is 0.678. The number of carbonyl (C=O) groups is 1. The first-order valence-electron chi connectivity index (χ1n) is 10.4. The Morgan fingerprint density at radius 2 is 2.00 bits per heavy atom. The molecule has 0 radical (unpaired) electrons. The molecule has 5 rings (SSSR count). The summed E-state index contributed by atoms with van der Waals surface area (Å²) in [7, 11) is 0. The highest BCUT2D eigenvalue weighted by Crippen LogP contribution is 2.29. The van der Waals surface area contributed by atoms with Crippen LogP contribution in [0.5, 0.6) is 0 Å². The van der Waals surface area contributed by atoms with Crippen LogP contribution >= 0.6 is 0 Å². The minimum atomic E-state index is -0.406. The number of fused-ring (bicyclic) bond motifs is 1. The van der Waals surface area contributed by atoms with E-state index in [0.29, 0.717) is 25.3 Å². The van der Waals surface area contributed by atoms with Crippen LogP contribution in [0.4, 0.5) is 10.1 Å². The van der Waals surface area contributed by atoms with Gasteiger partial charge < -0.3 is 19.9 Å². The minimum Gasteiger partial charge on any atom is -0.378 e. The summed E-state index contributed by atoms with van der Waals surface area (Å²) in [4.78, 5) is 21.8. The van der Waals surface area contributed by atoms with Crippen molar-refractivity contribution in [2.75, 3.05) is 37.7 Å². The second-order valence-electron chi connectivity index (χ2n) is 7.66. The number of anilines is 1. The van der Waals surface area contributed by atoms with Crippen molar-refractivity contribution in [3.8, 4) is 11.3 Å². The third-order valence-corrected chi connectivity index (χ3v) is 5.69. The molecule has 2 aromatic heterocycles. The number of aromatic nitrogens is 2. The third kappa shape index (κ3) is 3.96. The largest absolute Gasteiger partial charge is 0.378 e. The lowest BCUT2D eigenvalue weighted by molar-refractivity contribution is 0.0946. The first-order chi connectivity index (χ1) is 15.2. The summed E-state index contributed by atoms with van der Waals surface area (Å²) in [6.45, 7) is 3.52. The van der Waals surface area contributed by atoms with Gasteiger partial charge >= 0.3 is 0 Å². The van der Waals surface area contributed by atoms with Crippen LogP contribution < -0.4 is 10.2 Å². The topological polar surface area (TPSA) is 70.2 Å². The molecule has 7 heteroatoms.